The summed E-state index contributed by atoms with van der Waals surface area (Å²) in [6.07, 6.45) is 0.0793. The molecule has 0 aliphatic carbocycles. The van der Waals surface area contributed by atoms with Crippen molar-refractivity contribution in [1.29, 1.82) is 0 Å². The van der Waals surface area contributed by atoms with Crippen molar-refractivity contribution in [3.63, 3.8) is 0 Å². The van der Waals surface area contributed by atoms with Gasteiger partial charge in [-0.05, 0) is 26.0 Å². The lowest BCUT2D eigenvalue weighted by Gasteiger charge is -2.35. The second kappa shape index (κ2) is 5.93. The van der Waals surface area contributed by atoms with Gasteiger partial charge in [0.25, 0.3) is 5.91 Å². The van der Waals surface area contributed by atoms with Gasteiger partial charge in [0.1, 0.15) is 0 Å². The van der Waals surface area contributed by atoms with Crippen LogP contribution in [0.5, 0.6) is 11.5 Å². The molecule has 1 N–H and O–H groups in total. The zero-order valence-corrected chi connectivity index (χ0v) is 11.2. The van der Waals surface area contributed by atoms with Gasteiger partial charge in [0.15, 0.2) is 18.1 Å². The van der Waals surface area contributed by atoms with E-state index in [1.54, 1.807) is 23.1 Å². The summed E-state index contributed by atoms with van der Waals surface area (Å²) in [4.78, 5) is 13.8. The molecule has 2 unspecified atom stereocenters. The Morgan fingerprint density at radius 3 is 2.63 bits per heavy atom. The first-order chi connectivity index (χ1) is 9.06. The summed E-state index contributed by atoms with van der Waals surface area (Å²) < 4.78 is 10.9. The van der Waals surface area contributed by atoms with Gasteiger partial charge in [-0.15, -0.1) is 0 Å². The number of carbonyl (C=O) groups excluding carboxylic acids is 1. The van der Waals surface area contributed by atoms with Crippen LogP contribution in [0.1, 0.15) is 13.8 Å². The van der Waals surface area contributed by atoms with Crippen LogP contribution in [-0.2, 0) is 9.53 Å². The molecule has 1 saturated heterocycles. The molecule has 1 fully saturated rings. The summed E-state index contributed by atoms with van der Waals surface area (Å²) in [5.74, 6) is 0.273. The largest absolute Gasteiger partial charge is 0.504 e. The molecule has 2 atom stereocenters. The third-order valence-corrected chi connectivity index (χ3v) is 2.99. The van der Waals surface area contributed by atoms with Crippen LogP contribution in [0, 0.1) is 0 Å². The predicted octanol–water partition coefficient (Wildman–Crippen LogP) is 1.41. The van der Waals surface area contributed by atoms with E-state index >= 15 is 0 Å². The van der Waals surface area contributed by atoms with Gasteiger partial charge in [-0.3, -0.25) is 4.79 Å². The zero-order chi connectivity index (χ0) is 13.8. The number of nitrogens with zero attached hydrogens (tertiary/aromatic N) is 1. The highest BCUT2D eigenvalue weighted by Gasteiger charge is 2.26. The topological polar surface area (TPSA) is 59.0 Å². The summed E-state index contributed by atoms with van der Waals surface area (Å²) in [7, 11) is 0. The SMILES string of the molecule is CC1CN(C(=O)COc2ccccc2O)CC(C)O1. The summed E-state index contributed by atoms with van der Waals surface area (Å²) in [6, 6.07) is 6.61. The molecule has 1 aliphatic heterocycles. The number of morpholine rings is 1. The maximum absolute atomic E-state index is 12.0. The van der Waals surface area contributed by atoms with Gasteiger partial charge >= 0.3 is 0 Å². The Labute approximate surface area is 112 Å². The van der Waals surface area contributed by atoms with Crippen LogP contribution < -0.4 is 4.74 Å². The Balaban J connectivity index is 1.89. The summed E-state index contributed by atoms with van der Waals surface area (Å²) in [5, 5.41) is 9.55. The van der Waals surface area contributed by atoms with E-state index in [0.29, 0.717) is 18.8 Å². The number of amides is 1. The van der Waals surface area contributed by atoms with Crippen LogP contribution >= 0.6 is 0 Å². The molecule has 0 radical (unpaired) electrons. The molecule has 5 heteroatoms. The predicted molar refractivity (Wildman–Crippen MR) is 70.2 cm³/mol. The van der Waals surface area contributed by atoms with E-state index < -0.39 is 0 Å². The molecule has 1 aromatic rings. The standard InChI is InChI=1S/C14H19NO4/c1-10-7-15(8-11(2)19-10)14(17)9-18-13-6-4-3-5-12(13)16/h3-6,10-11,16H,7-9H2,1-2H3. The van der Waals surface area contributed by atoms with Crippen molar-refractivity contribution in [1.82, 2.24) is 4.90 Å². The average molecular weight is 265 g/mol. The highest BCUT2D eigenvalue weighted by atomic mass is 16.5. The second-order valence-electron chi connectivity index (χ2n) is 4.81. The Hall–Kier alpha value is -1.75. The lowest BCUT2D eigenvalue weighted by Crippen LogP contribution is -2.49. The Morgan fingerprint density at radius 2 is 2.00 bits per heavy atom. The minimum atomic E-state index is -0.0924. The smallest absolute Gasteiger partial charge is 0.260 e. The van der Waals surface area contributed by atoms with Crippen molar-refractivity contribution in [3.8, 4) is 11.5 Å². The van der Waals surface area contributed by atoms with E-state index in [9.17, 15) is 9.90 Å². The fraction of sp³-hybridized carbons (Fsp3) is 0.500. The second-order valence-corrected chi connectivity index (χ2v) is 4.81. The van der Waals surface area contributed by atoms with Crippen molar-refractivity contribution < 1.29 is 19.4 Å². The Morgan fingerprint density at radius 1 is 1.37 bits per heavy atom. The number of phenolic OH excluding ortho intramolecular Hbond substituents is 1. The van der Waals surface area contributed by atoms with Crippen LogP contribution in [0.15, 0.2) is 24.3 Å². The highest BCUT2D eigenvalue weighted by molar-refractivity contribution is 5.78. The molecule has 0 aromatic heterocycles. The first-order valence-electron chi connectivity index (χ1n) is 6.40. The molecule has 19 heavy (non-hydrogen) atoms. The maximum Gasteiger partial charge on any atom is 0.260 e. The van der Waals surface area contributed by atoms with Crippen LogP contribution in [-0.4, -0.2) is 47.8 Å². The minimum absolute atomic E-state index is 0.0397. The van der Waals surface area contributed by atoms with Crippen LogP contribution in [0.25, 0.3) is 0 Å². The van der Waals surface area contributed by atoms with Gasteiger partial charge in [-0.1, -0.05) is 12.1 Å². The van der Waals surface area contributed by atoms with E-state index in [1.807, 2.05) is 13.8 Å². The summed E-state index contributed by atoms with van der Waals surface area (Å²) in [6.45, 7) is 4.97. The number of aromatic hydroxyl groups is 1. The number of carbonyl (C=O) groups is 1. The molecule has 1 aromatic carbocycles. The summed E-state index contributed by atoms with van der Waals surface area (Å²) >= 11 is 0. The van der Waals surface area contributed by atoms with Crippen molar-refractivity contribution >= 4 is 5.91 Å². The van der Waals surface area contributed by atoms with E-state index in [4.69, 9.17) is 9.47 Å². The third kappa shape index (κ3) is 3.61. The van der Waals surface area contributed by atoms with Crippen LogP contribution in [0.4, 0.5) is 0 Å². The fourth-order valence-corrected chi connectivity index (χ4v) is 2.19. The van der Waals surface area contributed by atoms with Gasteiger partial charge < -0.3 is 19.5 Å². The number of para-hydroxylation sites is 2. The molecule has 5 nitrogen and oxygen atoms in total. The molecule has 0 bridgehead atoms. The van der Waals surface area contributed by atoms with Gasteiger partial charge in [0.2, 0.25) is 0 Å². The number of rotatable bonds is 3. The van der Waals surface area contributed by atoms with Gasteiger partial charge in [-0.25, -0.2) is 0 Å². The lowest BCUT2D eigenvalue weighted by atomic mass is 10.2. The number of phenols is 1. The highest BCUT2D eigenvalue weighted by Crippen LogP contribution is 2.24. The fourth-order valence-electron chi connectivity index (χ4n) is 2.19. The monoisotopic (exact) mass is 265 g/mol. The molecule has 1 heterocycles. The minimum Gasteiger partial charge on any atom is -0.504 e. The van der Waals surface area contributed by atoms with Crippen molar-refractivity contribution in [3.05, 3.63) is 24.3 Å². The number of hydrogen-bond acceptors (Lipinski definition) is 4. The van der Waals surface area contributed by atoms with E-state index in [1.165, 1.54) is 6.07 Å². The molecule has 0 saturated carbocycles. The third-order valence-electron chi connectivity index (χ3n) is 2.99. The Kier molecular flexibility index (Phi) is 4.27. The Bertz CT molecular complexity index is 439. The first-order valence-corrected chi connectivity index (χ1v) is 6.40. The van der Waals surface area contributed by atoms with Crippen molar-refractivity contribution in [2.45, 2.75) is 26.1 Å². The number of benzene rings is 1. The molecule has 1 amide bonds. The summed E-state index contributed by atoms with van der Waals surface area (Å²) in [5.41, 5.74) is 0. The average Bonchev–Trinajstić information content (AvgIpc) is 2.36. The van der Waals surface area contributed by atoms with E-state index in [2.05, 4.69) is 0 Å². The van der Waals surface area contributed by atoms with Crippen molar-refractivity contribution in [2.24, 2.45) is 0 Å². The van der Waals surface area contributed by atoms with Gasteiger partial charge in [-0.2, -0.15) is 0 Å². The van der Waals surface area contributed by atoms with Crippen LogP contribution in [0.2, 0.25) is 0 Å². The molecule has 0 spiro atoms. The maximum atomic E-state index is 12.0. The lowest BCUT2D eigenvalue weighted by molar-refractivity contribution is -0.145. The molecular formula is C14H19NO4. The van der Waals surface area contributed by atoms with Crippen LogP contribution in [0.3, 0.4) is 0 Å². The first kappa shape index (κ1) is 13.7. The van der Waals surface area contributed by atoms with E-state index in [-0.39, 0.29) is 30.5 Å². The number of ether oxygens (including phenoxy) is 2. The van der Waals surface area contributed by atoms with Gasteiger partial charge in [0, 0.05) is 13.1 Å². The number of hydrogen-bond donors (Lipinski definition) is 1. The molecule has 1 aliphatic rings. The van der Waals surface area contributed by atoms with Gasteiger partial charge in [0.05, 0.1) is 12.2 Å². The molecular weight excluding hydrogens is 246 g/mol. The quantitative estimate of drug-likeness (QED) is 0.897. The normalized spacial score (nSPS) is 23.2. The molecule has 104 valence electrons. The van der Waals surface area contributed by atoms with E-state index in [0.717, 1.165) is 0 Å². The van der Waals surface area contributed by atoms with Crippen molar-refractivity contribution in [2.75, 3.05) is 19.7 Å². The molecule has 2 rings (SSSR count). The zero-order valence-electron chi connectivity index (χ0n) is 11.2.